The summed E-state index contributed by atoms with van der Waals surface area (Å²) in [5, 5.41) is 12.2. The van der Waals surface area contributed by atoms with Gasteiger partial charge in [-0.05, 0) is 43.2 Å². The first-order chi connectivity index (χ1) is 16.7. The summed E-state index contributed by atoms with van der Waals surface area (Å²) in [6, 6.07) is 11.4. The summed E-state index contributed by atoms with van der Waals surface area (Å²) >= 11 is 0. The van der Waals surface area contributed by atoms with Gasteiger partial charge in [0.15, 0.2) is 21.3 Å². The fourth-order valence-corrected chi connectivity index (χ4v) is 5.44. The molecule has 180 valence electrons. The van der Waals surface area contributed by atoms with Gasteiger partial charge in [-0.1, -0.05) is 18.2 Å². The zero-order valence-corrected chi connectivity index (χ0v) is 19.8. The van der Waals surface area contributed by atoms with Crippen LogP contribution in [-0.4, -0.2) is 48.4 Å². The number of rotatable bonds is 6. The number of nitriles is 1. The lowest BCUT2D eigenvalue weighted by Crippen LogP contribution is -2.36. The highest BCUT2D eigenvalue weighted by Crippen LogP contribution is 2.32. The second kappa shape index (κ2) is 9.60. The van der Waals surface area contributed by atoms with Crippen LogP contribution in [-0.2, 0) is 14.6 Å². The number of nitrogens with one attached hydrogen (secondary N) is 1. The van der Waals surface area contributed by atoms with Crippen molar-refractivity contribution in [2.75, 3.05) is 18.6 Å². The Kier molecular flexibility index (Phi) is 6.57. The molecule has 0 aliphatic carbocycles. The van der Waals surface area contributed by atoms with Crippen LogP contribution in [0.15, 0.2) is 53.0 Å². The van der Waals surface area contributed by atoms with Crippen molar-refractivity contribution >= 4 is 27.5 Å². The third-order valence-corrected chi connectivity index (χ3v) is 7.31. The molecular formula is C24H22N4O6S. The lowest BCUT2D eigenvalue weighted by atomic mass is 10.1. The van der Waals surface area contributed by atoms with Crippen LogP contribution in [0.3, 0.4) is 0 Å². The highest BCUT2D eigenvalue weighted by atomic mass is 32.2. The van der Waals surface area contributed by atoms with Crippen molar-refractivity contribution in [1.82, 2.24) is 14.7 Å². The van der Waals surface area contributed by atoms with Crippen LogP contribution in [0.1, 0.15) is 17.5 Å². The summed E-state index contributed by atoms with van der Waals surface area (Å²) in [5.41, 5.74) is 0.00684. The zero-order valence-electron chi connectivity index (χ0n) is 19.0. The van der Waals surface area contributed by atoms with Crippen LogP contribution < -0.4 is 20.3 Å². The predicted octanol–water partition coefficient (Wildman–Crippen LogP) is 2.01. The number of para-hydroxylation sites is 2. The maximum atomic E-state index is 13.4. The van der Waals surface area contributed by atoms with Crippen LogP contribution in [0.4, 0.5) is 0 Å². The number of carbonyl (C=O) groups excluding carboxylic acids is 1. The van der Waals surface area contributed by atoms with Gasteiger partial charge >= 0.3 is 0 Å². The minimum atomic E-state index is -3.23. The molecule has 1 amide bonds. The first-order valence-corrected chi connectivity index (χ1v) is 12.5. The molecule has 1 saturated heterocycles. The van der Waals surface area contributed by atoms with Crippen molar-refractivity contribution in [2.24, 2.45) is 0 Å². The molecular weight excluding hydrogens is 472 g/mol. The van der Waals surface area contributed by atoms with Gasteiger partial charge in [-0.15, -0.1) is 0 Å². The number of amides is 1. The molecule has 1 fully saturated rings. The van der Waals surface area contributed by atoms with Crippen molar-refractivity contribution in [2.45, 2.75) is 19.4 Å². The van der Waals surface area contributed by atoms with E-state index in [0.29, 0.717) is 17.0 Å². The van der Waals surface area contributed by atoms with E-state index in [0.717, 1.165) is 6.08 Å². The van der Waals surface area contributed by atoms with E-state index in [-0.39, 0.29) is 40.7 Å². The van der Waals surface area contributed by atoms with Crippen LogP contribution in [0.2, 0.25) is 0 Å². The molecule has 1 atom stereocenters. The van der Waals surface area contributed by atoms with Crippen LogP contribution in [0.25, 0.3) is 11.7 Å². The molecule has 0 spiro atoms. The molecule has 35 heavy (non-hydrogen) atoms. The summed E-state index contributed by atoms with van der Waals surface area (Å²) in [4.78, 5) is 30.6. The number of fused-ring (bicyclic) bond motifs is 1. The lowest BCUT2D eigenvalue weighted by Gasteiger charge is -2.14. The Morgan fingerprint density at radius 3 is 2.66 bits per heavy atom. The van der Waals surface area contributed by atoms with Gasteiger partial charge in [0, 0.05) is 12.2 Å². The van der Waals surface area contributed by atoms with Gasteiger partial charge in [-0.3, -0.25) is 14.0 Å². The number of sulfone groups is 1. The summed E-state index contributed by atoms with van der Waals surface area (Å²) in [5.74, 6) is -0.442. The average Bonchev–Trinajstić information content (AvgIpc) is 3.17. The SMILES string of the molecule is COc1ccccc1Oc1nc2c(C)cccn2c(=O)c1/C=C(\C#N)C(=O)NC1CCS(=O)(=O)C1. The largest absolute Gasteiger partial charge is 0.493 e. The quantitative estimate of drug-likeness (QED) is 0.405. The number of hydrogen-bond donors (Lipinski definition) is 1. The van der Waals surface area contributed by atoms with E-state index in [9.17, 15) is 23.3 Å². The Morgan fingerprint density at radius 1 is 1.26 bits per heavy atom. The molecule has 0 saturated carbocycles. The standard InChI is InChI=1S/C24H22N4O6S/c1-15-6-5-10-28-21(15)27-23(34-20-8-4-3-7-19(20)33-2)18(24(28)30)12-16(13-25)22(29)26-17-9-11-35(31,32)14-17/h3-8,10,12,17H,9,11,14H2,1-2H3,(H,26,29)/b16-12+. The Labute approximate surface area is 201 Å². The number of methoxy groups -OCH3 is 1. The number of aryl methyl sites for hydroxylation is 1. The predicted molar refractivity (Wildman–Crippen MR) is 128 cm³/mol. The highest BCUT2D eigenvalue weighted by molar-refractivity contribution is 7.91. The highest BCUT2D eigenvalue weighted by Gasteiger charge is 2.30. The van der Waals surface area contributed by atoms with E-state index in [1.54, 1.807) is 49.4 Å². The number of aromatic nitrogens is 2. The fraction of sp³-hybridized carbons (Fsp3) is 0.250. The number of pyridine rings is 1. The van der Waals surface area contributed by atoms with Crippen molar-refractivity contribution < 1.29 is 22.7 Å². The van der Waals surface area contributed by atoms with Gasteiger partial charge < -0.3 is 14.8 Å². The summed E-state index contributed by atoms with van der Waals surface area (Å²) < 4.78 is 36.0. The normalized spacial score (nSPS) is 17.1. The third-order valence-electron chi connectivity index (χ3n) is 5.55. The van der Waals surface area contributed by atoms with E-state index in [1.165, 1.54) is 17.7 Å². The van der Waals surface area contributed by atoms with Crippen molar-refractivity contribution in [1.29, 1.82) is 5.26 Å². The number of ether oxygens (including phenoxy) is 2. The fourth-order valence-electron chi connectivity index (χ4n) is 3.77. The molecule has 2 aromatic heterocycles. The minimum Gasteiger partial charge on any atom is -0.493 e. The number of carbonyl (C=O) groups is 1. The van der Waals surface area contributed by atoms with Gasteiger partial charge in [-0.25, -0.2) is 8.42 Å². The molecule has 11 heteroatoms. The molecule has 4 rings (SSSR count). The number of hydrogen-bond acceptors (Lipinski definition) is 8. The topological polar surface area (TPSA) is 140 Å². The third kappa shape index (κ3) is 5.02. The van der Waals surface area contributed by atoms with E-state index in [4.69, 9.17) is 9.47 Å². The van der Waals surface area contributed by atoms with Gasteiger partial charge in [0.2, 0.25) is 5.88 Å². The Morgan fingerprint density at radius 2 is 2.00 bits per heavy atom. The Balaban J connectivity index is 1.81. The summed E-state index contributed by atoms with van der Waals surface area (Å²) in [6.07, 6.45) is 2.89. The van der Waals surface area contributed by atoms with Gasteiger partial charge in [0.1, 0.15) is 22.9 Å². The summed E-state index contributed by atoms with van der Waals surface area (Å²) in [6.45, 7) is 1.79. The van der Waals surface area contributed by atoms with E-state index >= 15 is 0 Å². The van der Waals surface area contributed by atoms with Crippen molar-refractivity contribution in [3.8, 4) is 23.4 Å². The molecule has 1 aliphatic rings. The van der Waals surface area contributed by atoms with Crippen molar-refractivity contribution in [3.63, 3.8) is 0 Å². The zero-order chi connectivity index (χ0) is 25.2. The molecule has 10 nitrogen and oxygen atoms in total. The lowest BCUT2D eigenvalue weighted by molar-refractivity contribution is -0.117. The minimum absolute atomic E-state index is 0.0320. The molecule has 3 aromatic rings. The molecule has 1 N–H and O–H groups in total. The van der Waals surface area contributed by atoms with E-state index < -0.39 is 27.3 Å². The Bertz CT molecular complexity index is 1550. The summed E-state index contributed by atoms with van der Waals surface area (Å²) in [7, 11) is -1.76. The first-order valence-electron chi connectivity index (χ1n) is 10.7. The maximum absolute atomic E-state index is 13.4. The second-order valence-electron chi connectivity index (χ2n) is 8.02. The van der Waals surface area contributed by atoms with Crippen molar-refractivity contribution in [3.05, 3.63) is 69.6 Å². The molecule has 1 aliphatic heterocycles. The molecule has 0 bridgehead atoms. The maximum Gasteiger partial charge on any atom is 0.269 e. The van der Waals surface area contributed by atoms with Crippen LogP contribution >= 0.6 is 0 Å². The molecule has 1 unspecified atom stereocenters. The Hall–Kier alpha value is -4.17. The van der Waals surface area contributed by atoms with E-state index in [2.05, 4.69) is 10.3 Å². The second-order valence-corrected chi connectivity index (χ2v) is 10.2. The first kappa shape index (κ1) is 24.0. The average molecular weight is 495 g/mol. The van der Waals surface area contributed by atoms with Gasteiger partial charge in [0.25, 0.3) is 11.5 Å². The number of benzene rings is 1. The van der Waals surface area contributed by atoms with Gasteiger partial charge in [-0.2, -0.15) is 10.2 Å². The van der Waals surface area contributed by atoms with Gasteiger partial charge in [0.05, 0.1) is 18.6 Å². The monoisotopic (exact) mass is 494 g/mol. The van der Waals surface area contributed by atoms with Crippen LogP contribution in [0.5, 0.6) is 17.4 Å². The van der Waals surface area contributed by atoms with Crippen LogP contribution in [0, 0.1) is 18.3 Å². The molecule has 3 heterocycles. The smallest absolute Gasteiger partial charge is 0.269 e. The van der Waals surface area contributed by atoms with E-state index in [1.807, 2.05) is 0 Å². The number of nitrogens with zero attached hydrogens (tertiary/aromatic N) is 3. The molecule has 0 radical (unpaired) electrons. The molecule has 1 aromatic carbocycles.